The molecule has 0 saturated heterocycles. The second-order valence-corrected chi connectivity index (χ2v) is 6.33. The largest absolute Gasteiger partial charge is 0.480 e. The molecule has 1 aliphatic carbocycles. The Morgan fingerprint density at radius 3 is 2.61 bits per heavy atom. The highest BCUT2D eigenvalue weighted by atomic mass is 16.4. The van der Waals surface area contributed by atoms with Gasteiger partial charge in [-0.1, -0.05) is 37.5 Å². The second kappa shape index (κ2) is 6.44. The zero-order chi connectivity index (χ0) is 16.4. The maximum absolute atomic E-state index is 12.6. The molecule has 1 aromatic carbocycles. The Balaban J connectivity index is 2.01. The summed E-state index contributed by atoms with van der Waals surface area (Å²) in [4.78, 5) is 26.8. The summed E-state index contributed by atoms with van der Waals surface area (Å²) >= 11 is 0. The number of carboxylic acids is 1. The normalized spacial score (nSPS) is 17.1. The highest BCUT2D eigenvalue weighted by molar-refractivity contribution is 6.02. The van der Waals surface area contributed by atoms with E-state index in [1.807, 2.05) is 24.3 Å². The summed E-state index contributed by atoms with van der Waals surface area (Å²) < 4.78 is 0. The Morgan fingerprint density at radius 2 is 1.91 bits per heavy atom. The average molecular weight is 314 g/mol. The van der Waals surface area contributed by atoms with Crippen LogP contribution in [0.2, 0.25) is 0 Å². The highest BCUT2D eigenvalue weighted by Crippen LogP contribution is 2.38. The number of hydrogen-bond donors (Lipinski definition) is 3. The van der Waals surface area contributed by atoms with Crippen LogP contribution in [0.5, 0.6) is 0 Å². The quantitative estimate of drug-likeness (QED) is 0.808. The van der Waals surface area contributed by atoms with Gasteiger partial charge in [0.25, 0.3) is 5.91 Å². The molecule has 1 aliphatic rings. The third kappa shape index (κ3) is 3.09. The molecule has 2 aromatic rings. The summed E-state index contributed by atoms with van der Waals surface area (Å²) in [6.07, 6.45) is 5.76. The number of hydrogen-bond acceptors (Lipinski definition) is 2. The van der Waals surface area contributed by atoms with Crippen LogP contribution in [0.1, 0.15) is 61.0 Å². The SMILES string of the molecule is C[C@H](NC(=O)c1[nH]c2ccccc2c1C1CCCCC1)C(=O)O. The van der Waals surface area contributed by atoms with Gasteiger partial charge in [0.15, 0.2) is 0 Å². The highest BCUT2D eigenvalue weighted by Gasteiger charge is 2.27. The molecule has 122 valence electrons. The number of benzene rings is 1. The molecule has 0 radical (unpaired) electrons. The summed E-state index contributed by atoms with van der Waals surface area (Å²) in [6.45, 7) is 1.48. The fraction of sp³-hybridized carbons (Fsp3) is 0.444. The Bertz CT molecular complexity index is 729. The van der Waals surface area contributed by atoms with E-state index in [4.69, 9.17) is 5.11 Å². The topological polar surface area (TPSA) is 82.2 Å². The molecular weight excluding hydrogens is 292 g/mol. The van der Waals surface area contributed by atoms with Crippen LogP contribution in [0.25, 0.3) is 10.9 Å². The summed E-state index contributed by atoms with van der Waals surface area (Å²) in [5.41, 5.74) is 2.50. The first-order valence-corrected chi connectivity index (χ1v) is 8.22. The van der Waals surface area contributed by atoms with E-state index in [9.17, 15) is 9.59 Å². The first-order valence-electron chi connectivity index (χ1n) is 8.22. The van der Waals surface area contributed by atoms with Crippen LogP contribution < -0.4 is 5.32 Å². The van der Waals surface area contributed by atoms with Crippen LogP contribution in [-0.2, 0) is 4.79 Å². The lowest BCUT2D eigenvalue weighted by Crippen LogP contribution is -2.39. The first kappa shape index (κ1) is 15.6. The zero-order valence-electron chi connectivity index (χ0n) is 13.3. The number of carbonyl (C=O) groups is 2. The number of rotatable bonds is 4. The van der Waals surface area contributed by atoms with E-state index >= 15 is 0 Å². The number of H-pyrrole nitrogens is 1. The predicted molar refractivity (Wildman–Crippen MR) is 88.7 cm³/mol. The van der Waals surface area contributed by atoms with E-state index in [2.05, 4.69) is 10.3 Å². The number of aromatic nitrogens is 1. The molecule has 3 rings (SSSR count). The molecule has 3 N–H and O–H groups in total. The molecule has 5 heteroatoms. The summed E-state index contributed by atoms with van der Waals surface area (Å²) in [5.74, 6) is -1.01. The molecule has 1 saturated carbocycles. The maximum Gasteiger partial charge on any atom is 0.325 e. The van der Waals surface area contributed by atoms with Crippen molar-refractivity contribution in [1.82, 2.24) is 10.3 Å². The third-order valence-corrected chi connectivity index (χ3v) is 4.70. The van der Waals surface area contributed by atoms with E-state index in [0.717, 1.165) is 29.3 Å². The lowest BCUT2D eigenvalue weighted by molar-refractivity contribution is -0.138. The number of amides is 1. The number of carbonyl (C=O) groups excluding carboxylic acids is 1. The smallest absolute Gasteiger partial charge is 0.325 e. The van der Waals surface area contributed by atoms with E-state index < -0.39 is 12.0 Å². The lowest BCUT2D eigenvalue weighted by atomic mass is 9.82. The van der Waals surface area contributed by atoms with Gasteiger partial charge in [0, 0.05) is 10.9 Å². The molecular formula is C18H22N2O3. The van der Waals surface area contributed by atoms with Crippen molar-refractivity contribution in [2.45, 2.75) is 51.0 Å². The van der Waals surface area contributed by atoms with Gasteiger partial charge in [0.2, 0.25) is 0 Å². The fourth-order valence-electron chi connectivity index (χ4n) is 3.49. The van der Waals surface area contributed by atoms with Gasteiger partial charge in [-0.05, 0) is 37.3 Å². The Kier molecular flexibility index (Phi) is 4.37. The Hall–Kier alpha value is -2.30. The van der Waals surface area contributed by atoms with E-state index in [1.165, 1.54) is 26.2 Å². The van der Waals surface area contributed by atoms with Crippen LogP contribution >= 0.6 is 0 Å². The van der Waals surface area contributed by atoms with E-state index in [-0.39, 0.29) is 5.91 Å². The minimum Gasteiger partial charge on any atom is -0.480 e. The summed E-state index contributed by atoms with van der Waals surface area (Å²) in [7, 11) is 0. The number of aromatic amines is 1. The van der Waals surface area contributed by atoms with E-state index in [1.54, 1.807) is 0 Å². The van der Waals surface area contributed by atoms with Gasteiger partial charge in [-0.25, -0.2) is 0 Å². The molecule has 23 heavy (non-hydrogen) atoms. The van der Waals surface area contributed by atoms with E-state index in [0.29, 0.717) is 11.6 Å². The van der Waals surface area contributed by atoms with Crippen molar-refractivity contribution in [3.63, 3.8) is 0 Å². The van der Waals surface area contributed by atoms with Gasteiger partial charge in [-0.15, -0.1) is 0 Å². The molecule has 1 aromatic heterocycles. The number of para-hydroxylation sites is 1. The first-order chi connectivity index (χ1) is 11.1. The molecule has 1 atom stereocenters. The molecule has 0 aliphatic heterocycles. The van der Waals surface area contributed by atoms with Crippen LogP contribution in [-0.4, -0.2) is 28.0 Å². The van der Waals surface area contributed by atoms with Gasteiger partial charge in [-0.3, -0.25) is 9.59 Å². The minimum absolute atomic E-state index is 0.336. The Labute approximate surface area is 135 Å². The van der Waals surface area contributed by atoms with Crippen LogP contribution in [0.15, 0.2) is 24.3 Å². The standard InChI is InChI=1S/C18H22N2O3/c1-11(18(22)23)19-17(21)16-15(12-7-3-2-4-8-12)13-9-5-6-10-14(13)20-16/h5-6,9-12,20H,2-4,7-8H2,1H3,(H,19,21)(H,22,23)/t11-/m0/s1. The minimum atomic E-state index is -1.03. The van der Waals surface area contributed by atoms with Gasteiger partial charge in [0.05, 0.1) is 0 Å². The van der Waals surface area contributed by atoms with Gasteiger partial charge in [-0.2, -0.15) is 0 Å². The zero-order valence-corrected chi connectivity index (χ0v) is 13.3. The van der Waals surface area contributed by atoms with Gasteiger partial charge in [0.1, 0.15) is 11.7 Å². The summed E-state index contributed by atoms with van der Waals surface area (Å²) in [6, 6.07) is 6.99. The average Bonchev–Trinajstić information content (AvgIpc) is 2.95. The second-order valence-electron chi connectivity index (χ2n) is 6.33. The number of fused-ring (bicyclic) bond motifs is 1. The molecule has 1 fully saturated rings. The molecule has 0 bridgehead atoms. The van der Waals surface area contributed by atoms with Crippen LogP contribution in [0, 0.1) is 0 Å². The lowest BCUT2D eigenvalue weighted by Gasteiger charge is -2.22. The van der Waals surface area contributed by atoms with Crippen molar-refractivity contribution in [2.75, 3.05) is 0 Å². The fourth-order valence-corrected chi connectivity index (χ4v) is 3.49. The van der Waals surface area contributed by atoms with Crippen molar-refractivity contribution < 1.29 is 14.7 Å². The number of nitrogens with one attached hydrogen (secondary N) is 2. The molecule has 0 spiro atoms. The van der Waals surface area contributed by atoms with Crippen molar-refractivity contribution in [3.05, 3.63) is 35.5 Å². The molecule has 1 amide bonds. The third-order valence-electron chi connectivity index (χ3n) is 4.70. The van der Waals surface area contributed by atoms with Crippen molar-refractivity contribution in [2.24, 2.45) is 0 Å². The maximum atomic E-state index is 12.6. The molecule has 5 nitrogen and oxygen atoms in total. The molecule has 1 heterocycles. The predicted octanol–water partition coefficient (Wildman–Crippen LogP) is 3.42. The van der Waals surface area contributed by atoms with Crippen molar-refractivity contribution in [1.29, 1.82) is 0 Å². The van der Waals surface area contributed by atoms with Crippen LogP contribution in [0.4, 0.5) is 0 Å². The monoisotopic (exact) mass is 314 g/mol. The van der Waals surface area contributed by atoms with Crippen molar-refractivity contribution >= 4 is 22.8 Å². The van der Waals surface area contributed by atoms with Gasteiger partial charge >= 0.3 is 5.97 Å². The molecule has 0 unspecified atom stereocenters. The summed E-state index contributed by atoms with van der Waals surface area (Å²) in [5, 5.41) is 12.7. The number of carboxylic acid groups (broad SMARTS) is 1. The Morgan fingerprint density at radius 1 is 1.22 bits per heavy atom. The van der Waals surface area contributed by atoms with Gasteiger partial charge < -0.3 is 15.4 Å². The van der Waals surface area contributed by atoms with Crippen molar-refractivity contribution in [3.8, 4) is 0 Å². The number of aliphatic carboxylic acids is 1. The van der Waals surface area contributed by atoms with Crippen LogP contribution in [0.3, 0.4) is 0 Å².